The molecule has 0 aliphatic carbocycles. The van der Waals surface area contributed by atoms with Crippen LogP contribution in [0.1, 0.15) is 91.9 Å². The van der Waals surface area contributed by atoms with E-state index in [-0.39, 0.29) is 0 Å². The second kappa shape index (κ2) is 13.0. The summed E-state index contributed by atoms with van der Waals surface area (Å²) >= 11 is 0. The second-order valence-electron chi connectivity index (χ2n) is 6.75. The molecule has 0 saturated heterocycles. The highest BCUT2D eigenvalue weighted by molar-refractivity contribution is 4.64. The third-order valence-corrected chi connectivity index (χ3v) is 4.52. The van der Waals surface area contributed by atoms with Gasteiger partial charge in [-0.15, -0.1) is 0 Å². The predicted octanol–water partition coefficient (Wildman–Crippen LogP) is 5.77. The van der Waals surface area contributed by atoms with Gasteiger partial charge in [0.25, 0.3) is 0 Å². The minimum atomic E-state index is 0.779. The molecule has 0 saturated carbocycles. The lowest BCUT2D eigenvalue weighted by Crippen LogP contribution is -2.15. The van der Waals surface area contributed by atoms with Crippen LogP contribution < -0.4 is 5.73 Å². The van der Waals surface area contributed by atoms with Gasteiger partial charge in [0.2, 0.25) is 0 Å². The van der Waals surface area contributed by atoms with Crippen molar-refractivity contribution < 1.29 is 0 Å². The van der Waals surface area contributed by atoms with Crippen LogP contribution >= 0.6 is 0 Å². The summed E-state index contributed by atoms with van der Waals surface area (Å²) in [5.41, 5.74) is 5.92. The SMILES string of the molecule is CCCC(C)CCCCC(CN)CCC(C)CCC. The maximum atomic E-state index is 5.92. The van der Waals surface area contributed by atoms with Crippen LogP contribution in [-0.2, 0) is 0 Å². The molecule has 0 aliphatic heterocycles. The first-order valence-electron chi connectivity index (χ1n) is 8.83. The zero-order valence-corrected chi connectivity index (χ0v) is 14.1. The summed E-state index contributed by atoms with van der Waals surface area (Å²) in [5, 5.41) is 0. The summed E-state index contributed by atoms with van der Waals surface area (Å²) in [6.45, 7) is 10.3. The molecule has 0 bridgehead atoms. The maximum absolute atomic E-state index is 5.92. The molecule has 0 aliphatic rings. The molecule has 116 valence electrons. The standard InChI is InChI=1S/C18H39N/c1-5-9-16(3)11-7-8-12-18(15-19)14-13-17(4)10-6-2/h16-18H,5-15,19H2,1-4H3. The molecule has 1 heteroatoms. The molecule has 3 atom stereocenters. The van der Waals surface area contributed by atoms with Crippen molar-refractivity contribution in [2.45, 2.75) is 91.9 Å². The topological polar surface area (TPSA) is 26.0 Å². The van der Waals surface area contributed by atoms with Gasteiger partial charge in [0.05, 0.1) is 0 Å². The molecule has 1 nitrogen and oxygen atoms in total. The largest absolute Gasteiger partial charge is 0.330 e. The molecule has 0 aromatic heterocycles. The molecule has 2 N–H and O–H groups in total. The van der Waals surface area contributed by atoms with Crippen LogP contribution in [-0.4, -0.2) is 6.54 Å². The Labute approximate surface area is 122 Å². The Balaban J connectivity index is 3.59. The van der Waals surface area contributed by atoms with E-state index in [4.69, 9.17) is 5.73 Å². The van der Waals surface area contributed by atoms with Gasteiger partial charge in [0, 0.05) is 0 Å². The van der Waals surface area contributed by atoms with Crippen LogP contribution in [0.4, 0.5) is 0 Å². The van der Waals surface area contributed by atoms with Gasteiger partial charge in [-0.1, -0.05) is 79.1 Å². The highest BCUT2D eigenvalue weighted by Gasteiger charge is 2.09. The molecule has 0 rings (SSSR count). The van der Waals surface area contributed by atoms with Crippen LogP contribution in [0.25, 0.3) is 0 Å². The Morgan fingerprint density at radius 2 is 1.21 bits per heavy atom. The Bertz CT molecular complexity index is 179. The minimum absolute atomic E-state index is 0.779. The minimum Gasteiger partial charge on any atom is -0.330 e. The number of nitrogens with two attached hydrogens (primary N) is 1. The van der Waals surface area contributed by atoms with Crippen molar-refractivity contribution >= 4 is 0 Å². The fourth-order valence-electron chi connectivity index (χ4n) is 3.10. The molecule has 0 radical (unpaired) electrons. The second-order valence-corrected chi connectivity index (χ2v) is 6.75. The van der Waals surface area contributed by atoms with Gasteiger partial charge in [0.1, 0.15) is 0 Å². The Morgan fingerprint density at radius 3 is 1.74 bits per heavy atom. The summed E-state index contributed by atoms with van der Waals surface area (Å²) < 4.78 is 0. The number of hydrogen-bond acceptors (Lipinski definition) is 1. The number of unbranched alkanes of at least 4 members (excludes halogenated alkanes) is 1. The molecular formula is C18H39N. The van der Waals surface area contributed by atoms with Gasteiger partial charge in [-0.2, -0.15) is 0 Å². The molecule has 19 heavy (non-hydrogen) atoms. The van der Waals surface area contributed by atoms with Crippen LogP contribution in [0.3, 0.4) is 0 Å². The van der Waals surface area contributed by atoms with Crippen LogP contribution in [0.2, 0.25) is 0 Å². The number of hydrogen-bond donors (Lipinski definition) is 1. The summed E-state index contributed by atoms with van der Waals surface area (Å²) in [6, 6.07) is 0. The smallest absolute Gasteiger partial charge is 0.00489 e. The van der Waals surface area contributed by atoms with E-state index in [1.54, 1.807) is 0 Å². The van der Waals surface area contributed by atoms with E-state index < -0.39 is 0 Å². The average Bonchev–Trinajstić information content (AvgIpc) is 2.38. The van der Waals surface area contributed by atoms with E-state index in [0.29, 0.717) is 0 Å². The third-order valence-electron chi connectivity index (χ3n) is 4.52. The zero-order valence-electron chi connectivity index (χ0n) is 14.1. The first-order valence-corrected chi connectivity index (χ1v) is 8.83. The normalized spacial score (nSPS) is 16.3. The zero-order chi connectivity index (χ0) is 14.5. The lowest BCUT2D eigenvalue weighted by Gasteiger charge is -2.18. The quantitative estimate of drug-likeness (QED) is 0.422. The first kappa shape index (κ1) is 19.0. The van der Waals surface area contributed by atoms with Gasteiger partial charge in [0.15, 0.2) is 0 Å². The van der Waals surface area contributed by atoms with Gasteiger partial charge in [-0.25, -0.2) is 0 Å². The molecule has 0 aromatic rings. The first-order chi connectivity index (χ1) is 9.13. The molecular weight excluding hydrogens is 230 g/mol. The Kier molecular flexibility index (Phi) is 12.9. The molecule has 0 fully saturated rings. The van der Waals surface area contributed by atoms with E-state index in [9.17, 15) is 0 Å². The molecule has 3 unspecified atom stereocenters. The lowest BCUT2D eigenvalue weighted by atomic mass is 9.90. The molecule has 0 aromatic carbocycles. The van der Waals surface area contributed by atoms with Crippen molar-refractivity contribution in [3.8, 4) is 0 Å². The number of rotatable bonds is 13. The molecule has 0 spiro atoms. The van der Waals surface area contributed by atoms with Crippen LogP contribution in [0.5, 0.6) is 0 Å². The highest BCUT2D eigenvalue weighted by atomic mass is 14.5. The van der Waals surface area contributed by atoms with Gasteiger partial charge in [-0.05, 0) is 37.1 Å². The van der Waals surface area contributed by atoms with Crippen molar-refractivity contribution in [1.29, 1.82) is 0 Å². The average molecular weight is 270 g/mol. The Morgan fingerprint density at radius 1 is 0.684 bits per heavy atom. The van der Waals surface area contributed by atoms with Crippen molar-refractivity contribution in [3.63, 3.8) is 0 Å². The van der Waals surface area contributed by atoms with Crippen molar-refractivity contribution in [2.75, 3.05) is 6.54 Å². The van der Waals surface area contributed by atoms with Gasteiger partial charge >= 0.3 is 0 Å². The summed E-state index contributed by atoms with van der Waals surface area (Å²) in [4.78, 5) is 0. The van der Waals surface area contributed by atoms with E-state index in [0.717, 1.165) is 24.3 Å². The fraction of sp³-hybridized carbons (Fsp3) is 1.00. The molecule has 0 amide bonds. The van der Waals surface area contributed by atoms with Crippen molar-refractivity contribution in [3.05, 3.63) is 0 Å². The predicted molar refractivity (Wildman–Crippen MR) is 88.4 cm³/mol. The lowest BCUT2D eigenvalue weighted by molar-refractivity contribution is 0.363. The fourth-order valence-corrected chi connectivity index (χ4v) is 3.10. The van der Waals surface area contributed by atoms with Gasteiger partial charge in [-0.3, -0.25) is 0 Å². The monoisotopic (exact) mass is 269 g/mol. The summed E-state index contributed by atoms with van der Waals surface area (Å²) in [6.07, 6.45) is 13.7. The van der Waals surface area contributed by atoms with E-state index in [1.165, 1.54) is 64.2 Å². The van der Waals surface area contributed by atoms with Gasteiger partial charge < -0.3 is 5.73 Å². The van der Waals surface area contributed by atoms with Crippen molar-refractivity contribution in [1.82, 2.24) is 0 Å². The van der Waals surface area contributed by atoms with E-state index >= 15 is 0 Å². The summed E-state index contributed by atoms with van der Waals surface area (Å²) in [5.74, 6) is 2.59. The highest BCUT2D eigenvalue weighted by Crippen LogP contribution is 2.21. The summed E-state index contributed by atoms with van der Waals surface area (Å²) in [7, 11) is 0. The van der Waals surface area contributed by atoms with Crippen LogP contribution in [0, 0.1) is 17.8 Å². The third kappa shape index (κ3) is 11.5. The molecule has 0 heterocycles. The Hall–Kier alpha value is -0.0400. The van der Waals surface area contributed by atoms with Crippen LogP contribution in [0.15, 0.2) is 0 Å². The van der Waals surface area contributed by atoms with E-state index in [2.05, 4.69) is 27.7 Å². The maximum Gasteiger partial charge on any atom is -0.00489 e. The van der Waals surface area contributed by atoms with Crippen molar-refractivity contribution in [2.24, 2.45) is 23.5 Å². The van der Waals surface area contributed by atoms with E-state index in [1.807, 2.05) is 0 Å².